The molecule has 0 bridgehead atoms. The molecule has 1 aliphatic rings. The van der Waals surface area contributed by atoms with E-state index in [1.807, 2.05) is 0 Å². The number of benzene rings is 2. The van der Waals surface area contributed by atoms with Gasteiger partial charge in [0.15, 0.2) is 0 Å². The minimum absolute atomic E-state index is 0.216. The van der Waals surface area contributed by atoms with Crippen molar-refractivity contribution in [3.63, 3.8) is 0 Å². The van der Waals surface area contributed by atoms with Gasteiger partial charge in [-0.2, -0.15) is 5.10 Å². The Morgan fingerprint density at radius 3 is 2.59 bits per heavy atom. The Balaban J connectivity index is 1.76. The molecule has 9 heteroatoms. The maximum absolute atomic E-state index is 13.3. The van der Waals surface area contributed by atoms with Crippen molar-refractivity contribution in [1.82, 2.24) is 9.78 Å². The van der Waals surface area contributed by atoms with Crippen LogP contribution in [0.2, 0.25) is 10.0 Å². The highest BCUT2D eigenvalue weighted by atomic mass is 35.5. The van der Waals surface area contributed by atoms with E-state index in [0.717, 1.165) is 0 Å². The summed E-state index contributed by atoms with van der Waals surface area (Å²) >= 11 is 12.0. The fourth-order valence-electron chi connectivity index (χ4n) is 2.87. The van der Waals surface area contributed by atoms with E-state index < -0.39 is 16.7 Å². The van der Waals surface area contributed by atoms with E-state index in [4.69, 9.17) is 23.2 Å². The molecule has 1 N–H and O–H groups in total. The number of hydrogen-bond acceptors (Lipinski definition) is 3. The molecule has 0 radical (unpaired) electrons. The molecule has 4 rings (SSSR count). The van der Waals surface area contributed by atoms with E-state index >= 15 is 0 Å². The molecule has 3 aromatic rings. The summed E-state index contributed by atoms with van der Waals surface area (Å²) in [4.78, 5) is 12.7. The van der Waals surface area contributed by atoms with Crippen molar-refractivity contribution in [2.45, 2.75) is 11.5 Å². The van der Waals surface area contributed by atoms with Crippen LogP contribution < -0.4 is 5.32 Å². The van der Waals surface area contributed by atoms with E-state index in [1.165, 1.54) is 28.9 Å². The molecular formula is C18H12Cl2FN3O2S. The lowest BCUT2D eigenvalue weighted by molar-refractivity contribution is 0.102. The van der Waals surface area contributed by atoms with Gasteiger partial charge in [0.1, 0.15) is 11.6 Å². The van der Waals surface area contributed by atoms with Crippen LogP contribution >= 0.6 is 23.2 Å². The van der Waals surface area contributed by atoms with Crippen LogP contribution in [0, 0.1) is 5.82 Å². The van der Waals surface area contributed by atoms with Crippen LogP contribution in [-0.2, 0) is 22.3 Å². The van der Waals surface area contributed by atoms with Gasteiger partial charge in [0, 0.05) is 21.4 Å². The van der Waals surface area contributed by atoms with Crippen LogP contribution in [0.15, 0.2) is 42.5 Å². The molecule has 0 saturated carbocycles. The van der Waals surface area contributed by atoms with E-state index in [2.05, 4.69) is 10.4 Å². The first-order chi connectivity index (χ1) is 12.9. The predicted molar refractivity (Wildman–Crippen MR) is 103 cm³/mol. The van der Waals surface area contributed by atoms with Crippen LogP contribution in [-0.4, -0.2) is 19.9 Å². The van der Waals surface area contributed by atoms with Crippen molar-refractivity contribution >= 4 is 45.7 Å². The Morgan fingerprint density at radius 1 is 1.15 bits per heavy atom. The van der Waals surface area contributed by atoms with Crippen LogP contribution in [0.5, 0.6) is 0 Å². The highest BCUT2D eigenvalue weighted by Gasteiger charge is 2.28. The number of fused-ring (bicyclic) bond motifs is 1. The SMILES string of the molecule is O=C(Nc1c2c(nn1-c1ccc(F)cc1)CS(=O)C2)c1ccc(Cl)cc1Cl. The van der Waals surface area contributed by atoms with Crippen LogP contribution in [0.4, 0.5) is 10.2 Å². The zero-order valence-electron chi connectivity index (χ0n) is 13.7. The second kappa shape index (κ2) is 7.07. The molecule has 2 heterocycles. The van der Waals surface area contributed by atoms with Crippen molar-refractivity contribution in [3.05, 3.63) is 75.1 Å². The summed E-state index contributed by atoms with van der Waals surface area (Å²) in [5.41, 5.74) is 2.18. The first-order valence-corrected chi connectivity index (χ1v) is 10.1. The average molecular weight is 424 g/mol. The number of carbonyl (C=O) groups excluding carboxylic acids is 1. The lowest BCUT2D eigenvalue weighted by Crippen LogP contribution is -2.17. The molecule has 27 heavy (non-hydrogen) atoms. The number of nitrogens with zero attached hydrogens (tertiary/aromatic N) is 2. The highest BCUT2D eigenvalue weighted by molar-refractivity contribution is 7.83. The first-order valence-electron chi connectivity index (χ1n) is 7.90. The van der Waals surface area contributed by atoms with Gasteiger partial charge in [0.25, 0.3) is 5.91 Å². The van der Waals surface area contributed by atoms with Gasteiger partial charge in [0.05, 0.1) is 33.5 Å². The standard InChI is InChI=1S/C18H12Cl2FN3O2S/c19-10-1-6-13(15(20)7-10)18(25)22-17-14-8-27(26)9-16(14)23-24(17)12-4-2-11(21)3-5-12/h1-7H,8-9H2,(H,22,25). The van der Waals surface area contributed by atoms with Crippen LogP contribution in [0.1, 0.15) is 21.6 Å². The summed E-state index contributed by atoms with van der Waals surface area (Å²) in [6, 6.07) is 10.3. The summed E-state index contributed by atoms with van der Waals surface area (Å²) in [5, 5.41) is 7.90. The number of carbonyl (C=O) groups is 1. The number of nitrogens with one attached hydrogen (secondary N) is 1. The van der Waals surface area contributed by atoms with Crippen molar-refractivity contribution in [1.29, 1.82) is 0 Å². The number of aromatic nitrogens is 2. The Hall–Kier alpha value is -2.22. The van der Waals surface area contributed by atoms with Crippen molar-refractivity contribution < 1.29 is 13.4 Å². The summed E-state index contributed by atoms with van der Waals surface area (Å²) < 4.78 is 26.7. The van der Waals surface area contributed by atoms with Gasteiger partial charge in [-0.25, -0.2) is 9.07 Å². The smallest absolute Gasteiger partial charge is 0.258 e. The van der Waals surface area contributed by atoms with Crippen LogP contribution in [0.25, 0.3) is 5.69 Å². The molecule has 138 valence electrons. The Kier molecular flexibility index (Phi) is 4.75. The quantitative estimate of drug-likeness (QED) is 0.681. The third-order valence-electron chi connectivity index (χ3n) is 4.15. The van der Waals surface area contributed by atoms with Crippen molar-refractivity contribution in [3.8, 4) is 5.69 Å². The number of anilines is 1. The topological polar surface area (TPSA) is 64.0 Å². The van der Waals surface area contributed by atoms with Crippen molar-refractivity contribution in [2.75, 3.05) is 5.32 Å². The maximum atomic E-state index is 13.3. The first kappa shape index (κ1) is 18.2. The zero-order valence-corrected chi connectivity index (χ0v) is 16.0. The Morgan fingerprint density at radius 2 is 1.89 bits per heavy atom. The number of amides is 1. The molecule has 1 amide bonds. The lowest BCUT2D eigenvalue weighted by Gasteiger charge is -2.12. The Bertz CT molecular complexity index is 1080. The molecule has 0 spiro atoms. The molecule has 1 unspecified atom stereocenters. The van der Waals surface area contributed by atoms with Gasteiger partial charge in [0.2, 0.25) is 0 Å². The average Bonchev–Trinajstić information content (AvgIpc) is 3.13. The van der Waals surface area contributed by atoms with E-state index in [9.17, 15) is 13.4 Å². The Labute approximate surface area is 166 Å². The molecule has 0 aliphatic carbocycles. The second-order valence-electron chi connectivity index (χ2n) is 5.97. The summed E-state index contributed by atoms with van der Waals surface area (Å²) in [6.07, 6.45) is 0. The normalized spacial score (nSPS) is 15.6. The molecule has 1 aromatic heterocycles. The third-order valence-corrected chi connectivity index (χ3v) is 5.90. The maximum Gasteiger partial charge on any atom is 0.258 e. The molecule has 0 saturated heterocycles. The molecule has 2 aromatic carbocycles. The number of hydrogen-bond donors (Lipinski definition) is 1. The van der Waals surface area contributed by atoms with E-state index in [-0.39, 0.29) is 16.4 Å². The molecule has 5 nitrogen and oxygen atoms in total. The minimum atomic E-state index is -1.06. The summed E-state index contributed by atoms with van der Waals surface area (Å²) in [6.45, 7) is 0. The molecule has 1 aliphatic heterocycles. The van der Waals surface area contributed by atoms with Gasteiger partial charge < -0.3 is 5.32 Å². The monoisotopic (exact) mass is 423 g/mol. The van der Waals surface area contributed by atoms with Crippen LogP contribution in [0.3, 0.4) is 0 Å². The number of halogens is 3. The largest absolute Gasteiger partial charge is 0.306 e. The highest BCUT2D eigenvalue weighted by Crippen LogP contribution is 2.32. The lowest BCUT2D eigenvalue weighted by atomic mass is 10.2. The number of rotatable bonds is 3. The fourth-order valence-corrected chi connectivity index (χ4v) is 4.63. The third kappa shape index (κ3) is 3.50. The van der Waals surface area contributed by atoms with Crippen molar-refractivity contribution in [2.24, 2.45) is 0 Å². The molecule has 1 atom stereocenters. The predicted octanol–water partition coefficient (Wildman–Crippen LogP) is 4.33. The molecular weight excluding hydrogens is 412 g/mol. The zero-order chi connectivity index (χ0) is 19.1. The second-order valence-corrected chi connectivity index (χ2v) is 8.27. The molecule has 0 fully saturated rings. The minimum Gasteiger partial charge on any atom is -0.306 e. The van der Waals surface area contributed by atoms with Gasteiger partial charge in [-0.15, -0.1) is 0 Å². The van der Waals surface area contributed by atoms with Gasteiger partial charge in [-0.1, -0.05) is 23.2 Å². The van der Waals surface area contributed by atoms with E-state index in [0.29, 0.717) is 39.3 Å². The van der Waals surface area contributed by atoms with E-state index in [1.54, 1.807) is 18.2 Å². The van der Waals surface area contributed by atoms with Gasteiger partial charge >= 0.3 is 0 Å². The summed E-state index contributed by atoms with van der Waals surface area (Å²) in [7, 11) is -1.06. The summed E-state index contributed by atoms with van der Waals surface area (Å²) in [5.74, 6) is 0.186. The fraction of sp³-hybridized carbons (Fsp3) is 0.111. The van der Waals surface area contributed by atoms with Gasteiger partial charge in [-0.05, 0) is 42.5 Å². The van der Waals surface area contributed by atoms with Gasteiger partial charge in [-0.3, -0.25) is 9.00 Å².